The van der Waals surface area contributed by atoms with Crippen LogP contribution >= 0.6 is 22.6 Å². The van der Waals surface area contributed by atoms with Crippen molar-refractivity contribution in [3.05, 3.63) is 24.3 Å². The minimum atomic E-state index is -0.471. The van der Waals surface area contributed by atoms with E-state index in [-0.39, 0.29) is 29.0 Å². The molecule has 32 heavy (non-hydrogen) atoms. The standard InChI is InChI=1S/C25H37IN2O4/c1-6-25(14-12-19(3)16-26,28-22(31)9-10-23(28)32)13-11-18(2)15-24(4,5)17-27-20(29)7-8-21(27)30/h7-10,18-19H,6,11-17H2,1-5H3/t18?,19-,25?/m0/s1. The van der Waals surface area contributed by atoms with Crippen molar-refractivity contribution in [3.63, 3.8) is 0 Å². The highest BCUT2D eigenvalue weighted by atomic mass is 127. The molecule has 0 aromatic heterocycles. The first kappa shape index (κ1) is 26.7. The van der Waals surface area contributed by atoms with E-state index in [0.717, 1.165) is 43.0 Å². The third-order valence-corrected chi connectivity index (χ3v) is 8.30. The second-order valence-electron chi connectivity index (χ2n) is 10.3. The van der Waals surface area contributed by atoms with Gasteiger partial charge in [-0.05, 0) is 55.8 Å². The molecule has 7 heteroatoms. The number of amides is 4. The Labute approximate surface area is 206 Å². The number of alkyl halides is 1. The van der Waals surface area contributed by atoms with Crippen molar-refractivity contribution >= 4 is 46.2 Å². The van der Waals surface area contributed by atoms with E-state index in [2.05, 4.69) is 57.2 Å². The van der Waals surface area contributed by atoms with Crippen LogP contribution < -0.4 is 0 Å². The van der Waals surface area contributed by atoms with Crippen LogP contribution in [0.25, 0.3) is 0 Å². The van der Waals surface area contributed by atoms with Gasteiger partial charge in [0.2, 0.25) is 0 Å². The van der Waals surface area contributed by atoms with Crippen molar-refractivity contribution < 1.29 is 19.2 Å². The molecule has 2 unspecified atom stereocenters. The lowest BCUT2D eigenvalue weighted by atomic mass is 9.76. The van der Waals surface area contributed by atoms with Crippen LogP contribution in [0.15, 0.2) is 24.3 Å². The van der Waals surface area contributed by atoms with Gasteiger partial charge in [-0.2, -0.15) is 0 Å². The molecule has 3 atom stereocenters. The Morgan fingerprint density at radius 1 is 0.844 bits per heavy atom. The van der Waals surface area contributed by atoms with Gasteiger partial charge in [0.15, 0.2) is 0 Å². The largest absolute Gasteiger partial charge is 0.275 e. The van der Waals surface area contributed by atoms with E-state index in [1.807, 2.05) is 0 Å². The van der Waals surface area contributed by atoms with E-state index in [1.54, 1.807) is 0 Å². The molecular formula is C25H37IN2O4. The van der Waals surface area contributed by atoms with Crippen molar-refractivity contribution in [2.75, 3.05) is 11.0 Å². The predicted octanol–water partition coefficient (Wildman–Crippen LogP) is 4.67. The average Bonchev–Trinajstić information content (AvgIpc) is 3.23. The lowest BCUT2D eigenvalue weighted by Crippen LogP contribution is -2.52. The summed E-state index contributed by atoms with van der Waals surface area (Å²) in [6, 6.07) is 0. The second-order valence-corrected chi connectivity index (χ2v) is 11.2. The molecule has 0 aromatic carbocycles. The highest BCUT2D eigenvalue weighted by Gasteiger charge is 2.43. The second kappa shape index (κ2) is 11.1. The van der Waals surface area contributed by atoms with Crippen LogP contribution in [0.4, 0.5) is 0 Å². The Kier molecular flexibility index (Phi) is 9.25. The van der Waals surface area contributed by atoms with Gasteiger partial charge >= 0.3 is 0 Å². The molecule has 0 bridgehead atoms. The summed E-state index contributed by atoms with van der Waals surface area (Å²) < 4.78 is 1.05. The third-order valence-electron chi connectivity index (χ3n) is 6.80. The van der Waals surface area contributed by atoms with Crippen molar-refractivity contribution in [3.8, 4) is 0 Å². The Morgan fingerprint density at radius 3 is 1.78 bits per heavy atom. The monoisotopic (exact) mass is 556 g/mol. The topological polar surface area (TPSA) is 74.8 Å². The first-order valence-electron chi connectivity index (χ1n) is 11.6. The number of hydrogen-bond donors (Lipinski definition) is 0. The fourth-order valence-electron chi connectivity index (χ4n) is 4.96. The maximum absolute atomic E-state index is 12.6. The number of carbonyl (C=O) groups excluding carboxylic acids is 4. The molecule has 0 aromatic rings. The van der Waals surface area contributed by atoms with Gasteiger partial charge in [-0.25, -0.2) is 0 Å². The van der Waals surface area contributed by atoms with Gasteiger partial charge in [0, 0.05) is 35.3 Å². The summed E-state index contributed by atoms with van der Waals surface area (Å²) in [4.78, 5) is 51.8. The highest BCUT2D eigenvalue weighted by molar-refractivity contribution is 14.1. The van der Waals surface area contributed by atoms with E-state index in [4.69, 9.17) is 0 Å². The van der Waals surface area contributed by atoms with Crippen molar-refractivity contribution in [1.29, 1.82) is 0 Å². The molecule has 2 aliphatic heterocycles. The summed E-state index contributed by atoms with van der Waals surface area (Å²) in [5.74, 6) is -0.0503. The summed E-state index contributed by atoms with van der Waals surface area (Å²) in [7, 11) is 0. The summed E-state index contributed by atoms with van der Waals surface area (Å²) in [6.07, 6.45) is 10.4. The summed E-state index contributed by atoms with van der Waals surface area (Å²) in [6.45, 7) is 11.0. The Hall–Kier alpha value is -1.51. The van der Waals surface area contributed by atoms with Crippen LogP contribution in [0.2, 0.25) is 0 Å². The van der Waals surface area contributed by atoms with Crippen molar-refractivity contribution in [2.24, 2.45) is 17.3 Å². The van der Waals surface area contributed by atoms with Crippen LogP contribution in [0.3, 0.4) is 0 Å². The molecule has 2 aliphatic rings. The molecule has 4 amide bonds. The first-order valence-corrected chi connectivity index (χ1v) is 13.1. The third kappa shape index (κ3) is 6.51. The Morgan fingerprint density at radius 2 is 1.31 bits per heavy atom. The number of imide groups is 2. The highest BCUT2D eigenvalue weighted by Crippen LogP contribution is 2.38. The smallest absolute Gasteiger partial charge is 0.254 e. The molecule has 2 rings (SSSR count). The number of rotatable bonds is 13. The molecular weight excluding hydrogens is 519 g/mol. The van der Waals surface area contributed by atoms with E-state index in [1.165, 1.54) is 34.1 Å². The number of halogens is 1. The van der Waals surface area contributed by atoms with Crippen LogP contribution in [0, 0.1) is 17.3 Å². The minimum Gasteiger partial charge on any atom is -0.275 e. The number of hydrogen-bond acceptors (Lipinski definition) is 4. The molecule has 6 nitrogen and oxygen atoms in total. The predicted molar refractivity (Wildman–Crippen MR) is 134 cm³/mol. The Balaban J connectivity index is 2.07. The summed E-state index contributed by atoms with van der Waals surface area (Å²) in [5.41, 5.74) is -0.691. The molecule has 0 saturated heterocycles. The zero-order chi connectivity index (χ0) is 24.1. The van der Waals surface area contributed by atoms with Gasteiger partial charge in [-0.1, -0.05) is 57.2 Å². The van der Waals surface area contributed by atoms with Gasteiger partial charge in [0.05, 0.1) is 5.54 Å². The van der Waals surface area contributed by atoms with Crippen LogP contribution in [0.1, 0.15) is 73.1 Å². The van der Waals surface area contributed by atoms with Crippen LogP contribution in [-0.2, 0) is 19.2 Å². The zero-order valence-corrected chi connectivity index (χ0v) is 22.2. The maximum Gasteiger partial charge on any atom is 0.254 e. The molecule has 0 aliphatic carbocycles. The fourth-order valence-corrected chi connectivity index (χ4v) is 5.40. The normalized spacial score (nSPS) is 20.4. The lowest BCUT2D eigenvalue weighted by molar-refractivity contribution is -0.145. The summed E-state index contributed by atoms with van der Waals surface area (Å²) in [5, 5.41) is 0. The van der Waals surface area contributed by atoms with Gasteiger partial charge < -0.3 is 0 Å². The van der Waals surface area contributed by atoms with Gasteiger partial charge in [-0.3, -0.25) is 29.0 Å². The molecule has 2 heterocycles. The van der Waals surface area contributed by atoms with E-state index in [0.29, 0.717) is 18.4 Å². The number of nitrogens with zero attached hydrogens (tertiary/aromatic N) is 2. The van der Waals surface area contributed by atoms with E-state index in [9.17, 15) is 19.2 Å². The van der Waals surface area contributed by atoms with Crippen molar-refractivity contribution in [2.45, 2.75) is 78.7 Å². The van der Waals surface area contributed by atoms with E-state index < -0.39 is 5.54 Å². The molecule has 0 fully saturated rings. The van der Waals surface area contributed by atoms with Gasteiger partial charge in [-0.15, -0.1) is 0 Å². The minimum absolute atomic E-state index is 0.203. The van der Waals surface area contributed by atoms with Gasteiger partial charge in [0.1, 0.15) is 0 Å². The van der Waals surface area contributed by atoms with Crippen LogP contribution in [0.5, 0.6) is 0 Å². The van der Waals surface area contributed by atoms with Gasteiger partial charge in [0.25, 0.3) is 23.6 Å². The summed E-state index contributed by atoms with van der Waals surface area (Å²) >= 11 is 2.39. The molecule has 0 radical (unpaired) electrons. The number of carbonyl (C=O) groups is 4. The first-order chi connectivity index (χ1) is 14.9. The molecule has 0 spiro atoms. The zero-order valence-electron chi connectivity index (χ0n) is 20.0. The fraction of sp³-hybridized carbons (Fsp3) is 0.680. The average molecular weight is 556 g/mol. The van der Waals surface area contributed by atoms with Crippen molar-refractivity contribution in [1.82, 2.24) is 9.80 Å². The molecule has 0 N–H and O–H groups in total. The maximum atomic E-state index is 12.6. The Bertz CT molecular complexity index is 768. The quantitative estimate of drug-likeness (QED) is 0.188. The van der Waals surface area contributed by atoms with E-state index >= 15 is 0 Å². The van der Waals surface area contributed by atoms with Crippen LogP contribution in [-0.4, -0.2) is 49.9 Å². The molecule has 0 saturated carbocycles. The SMILES string of the molecule is CCC(CCC(C)CC(C)(C)CN1C(=O)C=CC1=O)(CC[C@H](C)CI)N1C(=O)C=CC1=O. The molecule has 178 valence electrons. The lowest BCUT2D eigenvalue weighted by Gasteiger charge is -2.42.